The highest BCUT2D eigenvalue weighted by molar-refractivity contribution is 4.88. The van der Waals surface area contributed by atoms with Gasteiger partial charge in [0, 0.05) is 0 Å². The second kappa shape index (κ2) is 3.20. The van der Waals surface area contributed by atoms with Gasteiger partial charge in [-0.15, -0.1) is 0 Å². The van der Waals surface area contributed by atoms with Crippen LogP contribution in [0.25, 0.3) is 0 Å². The molecular weight excluding hydrogens is 124 g/mol. The molecule has 1 aliphatic heterocycles. The Morgan fingerprint density at radius 1 is 1.30 bits per heavy atom. The molecule has 0 unspecified atom stereocenters. The van der Waals surface area contributed by atoms with Crippen LogP contribution in [0.3, 0.4) is 0 Å². The summed E-state index contributed by atoms with van der Waals surface area (Å²) in [6.07, 6.45) is 6.70. The van der Waals surface area contributed by atoms with Crippen LogP contribution in [0.2, 0.25) is 0 Å². The van der Waals surface area contributed by atoms with Crippen molar-refractivity contribution in [3.05, 3.63) is 12.2 Å². The molecule has 0 saturated carbocycles. The zero-order valence-corrected chi connectivity index (χ0v) is 6.89. The summed E-state index contributed by atoms with van der Waals surface area (Å²) in [6, 6.07) is 0. The Labute approximate surface area is 63.1 Å². The van der Waals surface area contributed by atoms with E-state index in [9.17, 15) is 0 Å². The van der Waals surface area contributed by atoms with Crippen LogP contribution in [-0.4, -0.2) is 13.2 Å². The molecule has 58 valence electrons. The quantitative estimate of drug-likeness (QED) is 0.469. The summed E-state index contributed by atoms with van der Waals surface area (Å²) in [5.41, 5.74) is 0.344. The van der Waals surface area contributed by atoms with Crippen LogP contribution < -0.4 is 0 Å². The Morgan fingerprint density at radius 2 is 2.10 bits per heavy atom. The van der Waals surface area contributed by atoms with E-state index in [1.165, 1.54) is 0 Å². The molecule has 0 spiro atoms. The van der Waals surface area contributed by atoms with Crippen LogP contribution in [0, 0.1) is 5.41 Å². The molecule has 0 atom stereocenters. The van der Waals surface area contributed by atoms with E-state index in [0.29, 0.717) is 5.41 Å². The molecule has 0 saturated heterocycles. The van der Waals surface area contributed by atoms with Crippen molar-refractivity contribution in [3.8, 4) is 0 Å². The highest BCUT2D eigenvalue weighted by atomic mass is 16.5. The number of ether oxygens (including phenoxy) is 1. The van der Waals surface area contributed by atoms with Gasteiger partial charge in [0.05, 0.1) is 13.2 Å². The van der Waals surface area contributed by atoms with Crippen molar-refractivity contribution in [1.82, 2.24) is 0 Å². The maximum absolute atomic E-state index is 5.44. The highest BCUT2D eigenvalue weighted by Crippen LogP contribution is 2.22. The van der Waals surface area contributed by atoms with E-state index < -0.39 is 0 Å². The number of allylic oxidation sites excluding steroid dienone is 1. The van der Waals surface area contributed by atoms with Gasteiger partial charge in [0.15, 0.2) is 0 Å². The van der Waals surface area contributed by atoms with Crippen molar-refractivity contribution >= 4 is 0 Å². The Hall–Kier alpha value is -0.300. The second-order valence-corrected chi connectivity index (χ2v) is 3.68. The monoisotopic (exact) mass is 140 g/mol. The molecule has 10 heavy (non-hydrogen) atoms. The van der Waals surface area contributed by atoms with Gasteiger partial charge >= 0.3 is 0 Å². The van der Waals surface area contributed by atoms with E-state index in [0.717, 1.165) is 26.1 Å². The first-order valence-corrected chi connectivity index (χ1v) is 3.93. The summed E-state index contributed by atoms with van der Waals surface area (Å²) in [4.78, 5) is 0. The van der Waals surface area contributed by atoms with Gasteiger partial charge in [0.1, 0.15) is 0 Å². The zero-order valence-electron chi connectivity index (χ0n) is 6.89. The minimum atomic E-state index is 0.344. The minimum absolute atomic E-state index is 0.344. The Balaban J connectivity index is 2.45. The highest BCUT2D eigenvalue weighted by Gasteiger charge is 2.16. The van der Waals surface area contributed by atoms with Crippen LogP contribution in [-0.2, 0) is 4.74 Å². The largest absolute Gasteiger partial charge is 0.381 e. The molecule has 0 aromatic rings. The molecule has 1 aliphatic rings. The van der Waals surface area contributed by atoms with E-state index in [-0.39, 0.29) is 0 Å². The van der Waals surface area contributed by atoms with E-state index in [2.05, 4.69) is 26.0 Å². The molecule has 0 bridgehead atoms. The summed E-state index contributed by atoms with van der Waals surface area (Å²) in [5.74, 6) is 0. The molecular formula is C9H16O. The fourth-order valence-electron chi connectivity index (χ4n) is 1.08. The van der Waals surface area contributed by atoms with E-state index in [4.69, 9.17) is 4.74 Å². The van der Waals surface area contributed by atoms with E-state index in [1.54, 1.807) is 0 Å². The lowest BCUT2D eigenvalue weighted by molar-refractivity contribution is 0.0634. The van der Waals surface area contributed by atoms with Gasteiger partial charge in [-0.2, -0.15) is 0 Å². The van der Waals surface area contributed by atoms with Crippen molar-refractivity contribution < 1.29 is 4.74 Å². The van der Waals surface area contributed by atoms with Crippen molar-refractivity contribution in [3.63, 3.8) is 0 Å². The van der Waals surface area contributed by atoms with Crippen LogP contribution in [0.15, 0.2) is 12.2 Å². The predicted octanol–water partition coefficient (Wildman–Crippen LogP) is 2.38. The van der Waals surface area contributed by atoms with Crippen LogP contribution >= 0.6 is 0 Å². The third-order valence-electron chi connectivity index (χ3n) is 1.76. The number of rotatable bonds is 0. The van der Waals surface area contributed by atoms with Crippen LogP contribution in [0.4, 0.5) is 0 Å². The fourth-order valence-corrected chi connectivity index (χ4v) is 1.08. The maximum Gasteiger partial charge on any atom is 0.0520 e. The normalized spacial score (nSPS) is 28.6. The molecule has 0 fully saturated rings. The Kier molecular flexibility index (Phi) is 2.50. The third-order valence-corrected chi connectivity index (χ3v) is 1.76. The smallest absolute Gasteiger partial charge is 0.0520 e. The van der Waals surface area contributed by atoms with E-state index >= 15 is 0 Å². The molecule has 0 radical (unpaired) electrons. The summed E-state index contributed by atoms with van der Waals surface area (Å²) in [6.45, 7) is 6.27. The lowest BCUT2D eigenvalue weighted by Crippen LogP contribution is -2.19. The van der Waals surface area contributed by atoms with Crippen molar-refractivity contribution in [2.75, 3.05) is 13.2 Å². The van der Waals surface area contributed by atoms with Gasteiger partial charge in [-0.25, -0.2) is 0 Å². The predicted molar refractivity (Wildman–Crippen MR) is 43.0 cm³/mol. The lowest BCUT2D eigenvalue weighted by Gasteiger charge is -2.23. The lowest BCUT2D eigenvalue weighted by atomic mass is 9.90. The SMILES string of the molecule is CC1(C)C/C=C\CCOC1. The first kappa shape index (κ1) is 7.80. The zero-order chi connectivity index (χ0) is 7.45. The molecule has 0 aliphatic carbocycles. The molecule has 0 aromatic heterocycles. The molecule has 1 heterocycles. The molecule has 1 rings (SSSR count). The van der Waals surface area contributed by atoms with Crippen molar-refractivity contribution in [1.29, 1.82) is 0 Å². The van der Waals surface area contributed by atoms with Gasteiger partial charge in [0.2, 0.25) is 0 Å². The maximum atomic E-state index is 5.44. The number of hydrogen-bond acceptors (Lipinski definition) is 1. The number of hydrogen-bond donors (Lipinski definition) is 0. The standard InChI is InChI=1S/C9H16O/c1-9(2)6-4-3-5-7-10-8-9/h3-4H,5-8H2,1-2H3/b4-3-. The topological polar surface area (TPSA) is 9.23 Å². The van der Waals surface area contributed by atoms with Gasteiger partial charge in [-0.1, -0.05) is 26.0 Å². The molecule has 1 nitrogen and oxygen atoms in total. The fraction of sp³-hybridized carbons (Fsp3) is 0.778. The molecule has 0 aromatic carbocycles. The van der Waals surface area contributed by atoms with Crippen molar-refractivity contribution in [2.24, 2.45) is 5.41 Å². The summed E-state index contributed by atoms with van der Waals surface area (Å²) in [5, 5.41) is 0. The average molecular weight is 140 g/mol. The van der Waals surface area contributed by atoms with Gasteiger partial charge in [-0.3, -0.25) is 0 Å². The first-order chi connectivity index (χ1) is 4.71. The third kappa shape index (κ3) is 2.53. The van der Waals surface area contributed by atoms with Gasteiger partial charge in [-0.05, 0) is 18.3 Å². The summed E-state index contributed by atoms with van der Waals surface area (Å²) in [7, 11) is 0. The van der Waals surface area contributed by atoms with Crippen LogP contribution in [0.1, 0.15) is 26.7 Å². The second-order valence-electron chi connectivity index (χ2n) is 3.68. The van der Waals surface area contributed by atoms with Gasteiger partial charge in [0.25, 0.3) is 0 Å². The van der Waals surface area contributed by atoms with Gasteiger partial charge < -0.3 is 4.74 Å². The van der Waals surface area contributed by atoms with Crippen molar-refractivity contribution in [2.45, 2.75) is 26.7 Å². The summed E-state index contributed by atoms with van der Waals surface area (Å²) >= 11 is 0. The molecule has 0 amide bonds. The minimum Gasteiger partial charge on any atom is -0.381 e. The Bertz CT molecular complexity index is 125. The molecule has 0 N–H and O–H groups in total. The average Bonchev–Trinajstić information content (AvgIpc) is 1.81. The molecule has 1 heteroatoms. The van der Waals surface area contributed by atoms with E-state index in [1.807, 2.05) is 0 Å². The summed E-state index contributed by atoms with van der Waals surface area (Å²) < 4.78 is 5.44. The Morgan fingerprint density at radius 3 is 2.90 bits per heavy atom. The first-order valence-electron chi connectivity index (χ1n) is 3.93. The van der Waals surface area contributed by atoms with Crippen LogP contribution in [0.5, 0.6) is 0 Å².